The van der Waals surface area contributed by atoms with E-state index in [1.165, 1.54) is 6.42 Å². The number of hydrogen-bond acceptors (Lipinski definition) is 0. The standard InChI is InChI=1S/C17H38P2/c1-12(2)18(13(3)4)16(9)11-17(10)19(14(5)6)15(7)8/h12-17H,11H2,1-10H3/t16-,17-/m0/s1. The molecular weight excluding hydrogens is 266 g/mol. The SMILES string of the molecule is CC(C)P(C(C)C)[C@@H](C)C[C@H](C)P(C(C)C)C(C)C. The van der Waals surface area contributed by atoms with Crippen LogP contribution in [0.25, 0.3) is 0 Å². The molecule has 0 aromatic carbocycles. The summed E-state index contributed by atoms with van der Waals surface area (Å²) in [6, 6.07) is 0. The highest BCUT2D eigenvalue weighted by Crippen LogP contribution is 2.57. The summed E-state index contributed by atoms with van der Waals surface area (Å²) < 4.78 is 0. The highest BCUT2D eigenvalue weighted by molar-refractivity contribution is 7.60. The molecule has 0 spiro atoms. The van der Waals surface area contributed by atoms with Gasteiger partial charge in [-0.15, -0.1) is 0 Å². The molecule has 2 heteroatoms. The molecule has 0 N–H and O–H groups in total. The van der Waals surface area contributed by atoms with Crippen LogP contribution >= 0.6 is 15.8 Å². The zero-order valence-corrected chi connectivity index (χ0v) is 16.9. The van der Waals surface area contributed by atoms with E-state index in [1.54, 1.807) is 0 Å². The van der Waals surface area contributed by atoms with Gasteiger partial charge in [-0.2, -0.15) is 0 Å². The smallest absolute Gasteiger partial charge is 0.0227 e. The number of rotatable bonds is 8. The maximum Gasteiger partial charge on any atom is -0.0227 e. The Morgan fingerprint density at radius 1 is 0.474 bits per heavy atom. The van der Waals surface area contributed by atoms with E-state index in [9.17, 15) is 0 Å². The van der Waals surface area contributed by atoms with E-state index in [0.29, 0.717) is 0 Å². The molecule has 0 heterocycles. The van der Waals surface area contributed by atoms with Crippen LogP contribution in [0.1, 0.15) is 75.7 Å². The number of hydrogen-bond donors (Lipinski definition) is 0. The molecule has 0 aliphatic rings. The van der Waals surface area contributed by atoms with Gasteiger partial charge in [0, 0.05) is 0 Å². The third-order valence-electron chi connectivity index (χ3n) is 4.09. The van der Waals surface area contributed by atoms with Crippen molar-refractivity contribution < 1.29 is 0 Å². The van der Waals surface area contributed by atoms with Crippen LogP contribution in [0.15, 0.2) is 0 Å². The molecule has 19 heavy (non-hydrogen) atoms. The quantitative estimate of drug-likeness (QED) is 0.435. The van der Waals surface area contributed by atoms with Crippen LogP contribution in [-0.4, -0.2) is 34.0 Å². The first kappa shape index (κ1) is 19.9. The minimum Gasteiger partial charge on any atom is -0.0985 e. The van der Waals surface area contributed by atoms with E-state index in [0.717, 1.165) is 34.0 Å². The fourth-order valence-electron chi connectivity index (χ4n) is 3.97. The van der Waals surface area contributed by atoms with Crippen molar-refractivity contribution in [3.8, 4) is 0 Å². The summed E-state index contributed by atoms with van der Waals surface area (Å²) in [5.41, 5.74) is 5.35. The van der Waals surface area contributed by atoms with Crippen molar-refractivity contribution in [2.24, 2.45) is 0 Å². The highest BCUT2D eigenvalue weighted by atomic mass is 31.1. The monoisotopic (exact) mass is 304 g/mol. The summed E-state index contributed by atoms with van der Waals surface area (Å²) in [6.07, 6.45) is 1.45. The van der Waals surface area contributed by atoms with Crippen LogP contribution in [0.2, 0.25) is 0 Å². The molecule has 0 saturated carbocycles. The van der Waals surface area contributed by atoms with E-state index in [2.05, 4.69) is 69.2 Å². The van der Waals surface area contributed by atoms with Gasteiger partial charge >= 0.3 is 0 Å². The van der Waals surface area contributed by atoms with E-state index in [-0.39, 0.29) is 15.8 Å². The van der Waals surface area contributed by atoms with Gasteiger partial charge in [-0.1, -0.05) is 85.1 Å². The second kappa shape index (κ2) is 9.00. The lowest BCUT2D eigenvalue weighted by molar-refractivity contribution is 0.754. The van der Waals surface area contributed by atoms with Gasteiger partial charge in [0.2, 0.25) is 0 Å². The van der Waals surface area contributed by atoms with Crippen molar-refractivity contribution in [3.05, 3.63) is 0 Å². The van der Waals surface area contributed by atoms with Crippen LogP contribution < -0.4 is 0 Å². The molecule has 0 bridgehead atoms. The third kappa shape index (κ3) is 6.44. The maximum atomic E-state index is 2.52. The third-order valence-corrected chi connectivity index (χ3v) is 11.3. The Hall–Kier alpha value is 0.860. The van der Waals surface area contributed by atoms with Crippen LogP contribution in [0.3, 0.4) is 0 Å². The van der Waals surface area contributed by atoms with Crippen molar-refractivity contribution in [2.75, 3.05) is 0 Å². The lowest BCUT2D eigenvalue weighted by Gasteiger charge is -2.38. The predicted molar refractivity (Wildman–Crippen MR) is 97.9 cm³/mol. The Morgan fingerprint density at radius 2 is 0.684 bits per heavy atom. The topological polar surface area (TPSA) is 0 Å². The molecule has 2 atom stereocenters. The average Bonchev–Trinajstić information content (AvgIpc) is 2.13. The first-order valence-corrected chi connectivity index (χ1v) is 11.2. The Labute approximate surface area is 126 Å². The molecule has 116 valence electrons. The minimum absolute atomic E-state index is 0.175. The molecule has 0 aliphatic carbocycles. The van der Waals surface area contributed by atoms with Crippen molar-refractivity contribution in [1.29, 1.82) is 0 Å². The predicted octanol–water partition coefficient (Wildman–Crippen LogP) is 6.75. The van der Waals surface area contributed by atoms with Crippen LogP contribution in [0.5, 0.6) is 0 Å². The molecule has 0 amide bonds. The summed E-state index contributed by atoms with van der Waals surface area (Å²) in [4.78, 5) is 0. The summed E-state index contributed by atoms with van der Waals surface area (Å²) in [5.74, 6) is 0. The molecule has 0 nitrogen and oxygen atoms in total. The Bertz CT molecular complexity index is 193. The van der Waals surface area contributed by atoms with Crippen LogP contribution in [0, 0.1) is 0 Å². The lowest BCUT2D eigenvalue weighted by Crippen LogP contribution is -2.21. The first-order chi connectivity index (χ1) is 8.59. The zero-order valence-electron chi connectivity index (χ0n) is 15.1. The zero-order chi connectivity index (χ0) is 15.3. The fraction of sp³-hybridized carbons (Fsp3) is 1.00. The molecule has 0 radical (unpaired) electrons. The molecule has 0 aromatic rings. The Balaban J connectivity index is 4.72. The Kier molecular flexibility index (Phi) is 9.40. The Morgan fingerprint density at radius 3 is 0.842 bits per heavy atom. The summed E-state index contributed by atoms with van der Waals surface area (Å²) >= 11 is 0. The first-order valence-electron chi connectivity index (χ1n) is 8.14. The van der Waals surface area contributed by atoms with Gasteiger partial charge in [0.1, 0.15) is 0 Å². The normalized spacial score (nSPS) is 16.4. The van der Waals surface area contributed by atoms with E-state index >= 15 is 0 Å². The highest BCUT2D eigenvalue weighted by Gasteiger charge is 2.29. The second-order valence-corrected chi connectivity index (χ2v) is 14.9. The molecule has 0 unspecified atom stereocenters. The molecule has 0 aliphatic heterocycles. The molecule has 0 saturated heterocycles. The van der Waals surface area contributed by atoms with Gasteiger partial charge < -0.3 is 0 Å². The van der Waals surface area contributed by atoms with Crippen LogP contribution in [-0.2, 0) is 0 Å². The van der Waals surface area contributed by atoms with E-state index in [4.69, 9.17) is 0 Å². The molecule has 0 rings (SSSR count). The fourth-order valence-corrected chi connectivity index (χ4v) is 11.7. The molecular formula is C17H38P2. The molecule has 0 aromatic heterocycles. The van der Waals surface area contributed by atoms with Gasteiger partial charge in [0.15, 0.2) is 0 Å². The van der Waals surface area contributed by atoms with Crippen molar-refractivity contribution in [3.63, 3.8) is 0 Å². The second-order valence-electron chi connectivity index (χ2n) is 7.20. The summed E-state index contributed by atoms with van der Waals surface area (Å²) in [6.45, 7) is 24.5. The van der Waals surface area contributed by atoms with Crippen molar-refractivity contribution >= 4 is 15.8 Å². The largest absolute Gasteiger partial charge is 0.0985 e. The van der Waals surface area contributed by atoms with Gasteiger partial charge in [-0.3, -0.25) is 0 Å². The minimum atomic E-state index is 0.175. The lowest BCUT2D eigenvalue weighted by atomic mass is 10.3. The van der Waals surface area contributed by atoms with Crippen LogP contribution in [0.4, 0.5) is 0 Å². The van der Waals surface area contributed by atoms with Gasteiger partial charge in [-0.05, 0) is 40.4 Å². The maximum absolute atomic E-state index is 2.52. The molecule has 0 fully saturated rings. The van der Waals surface area contributed by atoms with E-state index < -0.39 is 0 Å². The summed E-state index contributed by atoms with van der Waals surface area (Å²) in [5, 5.41) is 0. The van der Waals surface area contributed by atoms with E-state index in [1.807, 2.05) is 0 Å². The van der Waals surface area contributed by atoms with Gasteiger partial charge in [0.25, 0.3) is 0 Å². The van der Waals surface area contributed by atoms with Crippen molar-refractivity contribution in [2.45, 2.75) is 110 Å². The van der Waals surface area contributed by atoms with Gasteiger partial charge in [-0.25, -0.2) is 0 Å². The van der Waals surface area contributed by atoms with Crippen molar-refractivity contribution in [1.82, 2.24) is 0 Å². The van der Waals surface area contributed by atoms with Gasteiger partial charge in [0.05, 0.1) is 0 Å². The summed E-state index contributed by atoms with van der Waals surface area (Å²) in [7, 11) is 0.349. The average molecular weight is 304 g/mol.